The van der Waals surface area contributed by atoms with Crippen LogP contribution in [0.2, 0.25) is 0 Å². The number of amides is 2. The molecule has 0 bridgehead atoms. The minimum Gasteiger partial charge on any atom is -0.493 e. The lowest BCUT2D eigenvalue weighted by atomic mass is 9.98. The van der Waals surface area contributed by atoms with Crippen LogP contribution >= 0.6 is 0 Å². The molecule has 1 saturated heterocycles. The van der Waals surface area contributed by atoms with Gasteiger partial charge in [0, 0.05) is 126 Å². The molecule has 2 aromatic heterocycles. The van der Waals surface area contributed by atoms with Gasteiger partial charge in [-0.15, -0.1) is 8.42 Å². The van der Waals surface area contributed by atoms with Gasteiger partial charge >= 0.3 is 34.3 Å². The van der Waals surface area contributed by atoms with Crippen LogP contribution in [-0.4, -0.2) is 207 Å². The number of benzene rings is 4. The van der Waals surface area contributed by atoms with Crippen molar-refractivity contribution < 1.29 is 112 Å². The molecule has 0 aliphatic carbocycles. The molecule has 564 valence electrons. The lowest BCUT2D eigenvalue weighted by Gasteiger charge is -2.43. The second-order valence-electron chi connectivity index (χ2n) is 24.7. The maximum atomic E-state index is 14.8. The number of carbonyl (C=O) groups is 6. The van der Waals surface area contributed by atoms with Crippen LogP contribution < -0.4 is 37.4 Å². The quantitative estimate of drug-likeness (QED) is 0.0140. The first-order valence-electron chi connectivity index (χ1n) is 33.4. The summed E-state index contributed by atoms with van der Waals surface area (Å²) >= 11 is 0. The molecule has 37 heteroatoms. The van der Waals surface area contributed by atoms with Crippen molar-refractivity contribution in [2.45, 2.75) is 116 Å². The Morgan fingerprint density at radius 2 is 1.26 bits per heavy atom. The van der Waals surface area contributed by atoms with E-state index in [0.717, 1.165) is 62.6 Å². The Labute approximate surface area is 607 Å². The minimum atomic E-state index is -5.43. The third-order valence-corrected chi connectivity index (χ3v) is 18.1. The summed E-state index contributed by atoms with van der Waals surface area (Å²) < 4.78 is 120. The number of fused-ring (bicyclic) bond motifs is 6. The zero-order valence-corrected chi connectivity index (χ0v) is 59.8. The number of carbonyl (C=O) groups excluding carboxylic acids is 6. The molecule has 4 aromatic carbocycles. The number of methoxy groups -OCH3 is 2. The van der Waals surface area contributed by atoms with E-state index in [1.165, 1.54) is 38.5 Å². The Bertz CT molecular complexity index is 4500. The molecule has 6 aromatic rings. The third-order valence-electron chi connectivity index (χ3n) is 17.3. The summed E-state index contributed by atoms with van der Waals surface area (Å²) in [5.74, 6) is -5.67. The normalized spacial score (nSPS) is 19.9. The molecule has 2 N–H and O–H groups in total. The molecule has 1 fully saturated rings. The Hall–Kier alpha value is -10.9. The van der Waals surface area contributed by atoms with Gasteiger partial charge in [0.05, 0.1) is 113 Å². The maximum absolute atomic E-state index is 14.8. The molecule has 1 unspecified atom stereocenters. The Balaban J connectivity index is 0.898. The topological polar surface area (TPSA) is 423 Å². The van der Waals surface area contributed by atoms with E-state index in [-0.39, 0.29) is 147 Å². The summed E-state index contributed by atoms with van der Waals surface area (Å²) in [6.07, 6.45) is -1.79. The summed E-state index contributed by atoms with van der Waals surface area (Å²) in [6, 6.07) is 13.3. The molecule has 5 aliphatic heterocycles. The van der Waals surface area contributed by atoms with E-state index in [1.54, 1.807) is 54.2 Å². The fourth-order valence-corrected chi connectivity index (χ4v) is 13.1. The third kappa shape index (κ3) is 18.6. The molecule has 106 heavy (non-hydrogen) atoms. The average Bonchev–Trinajstić information content (AvgIpc) is 1.54. The van der Waals surface area contributed by atoms with Crippen molar-refractivity contribution in [1.29, 1.82) is 0 Å². The van der Waals surface area contributed by atoms with Crippen LogP contribution in [0.3, 0.4) is 0 Å². The van der Waals surface area contributed by atoms with Gasteiger partial charge in [-0.05, 0) is 65.2 Å². The fraction of sp³-hybridized carbons (Fsp3) is 0.449. The number of aryl methyl sites for hydroxylation is 2. The number of aliphatic hydroxyl groups is 1. The molecule has 36 nitrogen and oxygen atoms in total. The highest BCUT2D eigenvalue weighted by Crippen LogP contribution is 2.44. The summed E-state index contributed by atoms with van der Waals surface area (Å²) in [5, 5.41) is 18.0. The molecule has 8 atom stereocenters. The molecule has 0 radical (unpaired) electrons. The van der Waals surface area contributed by atoms with Crippen LogP contribution in [0.1, 0.15) is 94.1 Å². The van der Waals surface area contributed by atoms with Crippen LogP contribution in [0.25, 0.3) is 10.4 Å². The average molecular weight is 1490 g/mol. The van der Waals surface area contributed by atoms with Crippen molar-refractivity contribution in [2.75, 3.05) is 73.6 Å². The smallest absolute Gasteiger partial charge is 0.493 e. The van der Waals surface area contributed by atoms with Crippen LogP contribution in [0.15, 0.2) is 88.4 Å². The molecule has 0 spiro atoms. The molecular formula is C69H78N12O24S. The van der Waals surface area contributed by atoms with E-state index < -0.39 is 95.2 Å². The van der Waals surface area contributed by atoms with Gasteiger partial charge in [0.2, 0.25) is 12.4 Å². The van der Waals surface area contributed by atoms with E-state index in [9.17, 15) is 42.3 Å². The number of azide groups is 1. The monoisotopic (exact) mass is 1490 g/mol. The van der Waals surface area contributed by atoms with Gasteiger partial charge in [-0.25, -0.2) is 9.97 Å². The summed E-state index contributed by atoms with van der Waals surface area (Å²) in [6.45, 7) is 4.62. The van der Waals surface area contributed by atoms with Crippen LogP contribution in [0, 0.1) is 0 Å². The first-order chi connectivity index (χ1) is 51.0. The lowest BCUT2D eigenvalue weighted by molar-refractivity contribution is -0.288. The molecule has 11 rings (SSSR count). The highest BCUT2D eigenvalue weighted by Gasteiger charge is 2.54. The molecule has 5 aliphatic rings. The van der Waals surface area contributed by atoms with E-state index in [1.807, 2.05) is 28.1 Å². The van der Waals surface area contributed by atoms with Crippen molar-refractivity contribution in [2.24, 2.45) is 29.2 Å². The van der Waals surface area contributed by atoms with Gasteiger partial charge in [-0.1, -0.05) is 5.11 Å². The highest BCUT2D eigenvalue weighted by atomic mass is 32.3. The molecule has 2 amide bonds. The molecule has 0 saturated carbocycles. The van der Waals surface area contributed by atoms with E-state index in [2.05, 4.69) is 25.3 Å². The number of ether oxygens (including phenoxy) is 13. The van der Waals surface area contributed by atoms with Crippen LogP contribution in [-0.2, 0) is 121 Å². The van der Waals surface area contributed by atoms with E-state index in [4.69, 9.17) is 85.5 Å². The zero-order chi connectivity index (χ0) is 75.3. The maximum Gasteiger partial charge on any atom is 0.501 e. The number of rotatable bonds is 32. The van der Waals surface area contributed by atoms with Gasteiger partial charge in [-0.2, -0.15) is 0 Å². The van der Waals surface area contributed by atoms with Crippen molar-refractivity contribution in [3.05, 3.63) is 134 Å². The Morgan fingerprint density at radius 3 is 1.92 bits per heavy atom. The van der Waals surface area contributed by atoms with Crippen molar-refractivity contribution >= 4 is 69.9 Å². The Kier molecular flexibility index (Phi) is 24.7. The highest BCUT2D eigenvalue weighted by molar-refractivity contribution is 7.82. The van der Waals surface area contributed by atoms with Crippen LogP contribution in [0.5, 0.6) is 40.2 Å². The number of aliphatic hydroxyl groups excluding tert-OH is 1. The SMILES string of the molecule is COc1cc2c(cc1OCc1cc(COc3cc4c(cc3OC)C(O)N3Cc5ncn(C)c5C[C@H]3C=N4)cc(OS(=O)(=O)Oc3cc(C(=O)NCCOCCOCCOCCN=[N+]=[N-])ccc3O[C@@H]3O[C@H](COC(C)=O)[C@H](OC(C)=O)[C@H](OC(C)=O)[C@H]3OC(C)=O)c1)N=C[C@@H]1Cc3c(ncn3C)CN1C2=O. The van der Waals surface area contributed by atoms with E-state index >= 15 is 0 Å². The number of hydrogen-bond acceptors (Lipinski definition) is 30. The van der Waals surface area contributed by atoms with Gasteiger partial charge in [-0.3, -0.25) is 43.7 Å². The Morgan fingerprint density at radius 1 is 0.670 bits per heavy atom. The van der Waals surface area contributed by atoms with E-state index in [0.29, 0.717) is 30.6 Å². The van der Waals surface area contributed by atoms with Crippen LogP contribution in [0.4, 0.5) is 11.4 Å². The number of imidazole rings is 2. The number of hydrogen-bond donors (Lipinski definition) is 2. The number of esters is 4. The second-order valence-corrected chi connectivity index (χ2v) is 25.8. The lowest BCUT2D eigenvalue weighted by Crippen LogP contribution is -2.63. The first-order valence-corrected chi connectivity index (χ1v) is 34.7. The number of nitrogens with one attached hydrogen (secondary N) is 1. The molecule has 7 heterocycles. The van der Waals surface area contributed by atoms with Crippen molar-refractivity contribution in [1.82, 2.24) is 34.2 Å². The predicted molar refractivity (Wildman–Crippen MR) is 367 cm³/mol. The van der Waals surface area contributed by atoms with Gasteiger partial charge < -0.3 is 94.4 Å². The number of aromatic nitrogens is 4. The predicted octanol–water partition coefficient (Wildman–Crippen LogP) is 5.00. The number of nitrogens with zero attached hydrogens (tertiary/aromatic N) is 11. The summed E-state index contributed by atoms with van der Waals surface area (Å²) in [4.78, 5) is 103. The fourth-order valence-electron chi connectivity index (χ4n) is 12.4. The summed E-state index contributed by atoms with van der Waals surface area (Å²) in [5.41, 5.74) is 13.7. The van der Waals surface area contributed by atoms with Gasteiger partial charge in [0.1, 0.15) is 37.9 Å². The minimum absolute atomic E-state index is 0.00151. The van der Waals surface area contributed by atoms with Crippen molar-refractivity contribution in [3.8, 4) is 40.2 Å². The van der Waals surface area contributed by atoms with Crippen molar-refractivity contribution in [3.63, 3.8) is 0 Å². The first kappa shape index (κ1) is 76.2. The summed E-state index contributed by atoms with van der Waals surface area (Å²) in [7, 11) is 1.20. The number of aliphatic imine (C=N–C) groups is 2. The van der Waals surface area contributed by atoms with Gasteiger partial charge in [0.15, 0.2) is 46.7 Å². The van der Waals surface area contributed by atoms with Gasteiger partial charge in [0.25, 0.3) is 11.8 Å². The second kappa shape index (κ2) is 34.3. The zero-order valence-electron chi connectivity index (χ0n) is 59.0. The molecular weight excluding hydrogens is 1410 g/mol. The largest absolute Gasteiger partial charge is 0.501 e. The standard InChI is InChI=1S/C69H78N12O24S/c1-38(82)96-35-62-63(99-39(2)83)64(100-40(3)84)65(101-41(4)85)69(103-62)102-56-10-9-44(66(86)71-11-13-93-15-17-95-18-16-94-14-12-76-77-70)22-61(56)105-106(89,90)104-47-20-42(33-97-59-27-50-48(25-57(59)91-7)67(87)80-31-52-54(78(5)36-74-52)23-45(80)29-72-50)19-43(21-47)34-98-60-28-51-49(26-58(60)92-8)68(88)81-32-53-55(79(6)37-75-53)24-46(81)30-73-51/h9-10,19-22,25-30,36-37,45-46,62-65,67,69,87H,11-18,23-24,31-35H2,1-8H3,(H,71,86)/t45-,46-,62+,63-,64-,65+,67?,69+/m0/s1.